The van der Waals surface area contributed by atoms with E-state index in [1.165, 1.54) is 0 Å². The highest BCUT2D eigenvalue weighted by molar-refractivity contribution is 14.0. The summed E-state index contributed by atoms with van der Waals surface area (Å²) in [6, 6.07) is 0. The van der Waals surface area contributed by atoms with E-state index in [1.54, 1.807) is 14.2 Å². The molecule has 0 atom stereocenters. The number of aliphatic imine (C=N–C) groups is 1. The van der Waals surface area contributed by atoms with Crippen molar-refractivity contribution in [3.63, 3.8) is 0 Å². The molecule has 0 unspecified atom stereocenters. The molecule has 0 rings (SSSR count). The minimum atomic E-state index is 0. The van der Waals surface area contributed by atoms with Crippen LogP contribution in [0.2, 0.25) is 0 Å². The highest BCUT2D eigenvalue weighted by atomic mass is 127. The molecular formula is C17H40IN5O2. The third kappa shape index (κ3) is 18.4. The number of likely N-dealkylation sites (N-methyl/N-ethyl adjacent to an activating group) is 2. The van der Waals surface area contributed by atoms with Crippen molar-refractivity contribution in [2.75, 3.05) is 87.3 Å². The number of methoxy groups -OCH3 is 2. The van der Waals surface area contributed by atoms with Crippen LogP contribution < -0.4 is 10.6 Å². The van der Waals surface area contributed by atoms with Gasteiger partial charge in [-0.3, -0.25) is 4.99 Å². The predicted molar refractivity (Wildman–Crippen MR) is 117 cm³/mol. The minimum Gasteiger partial charge on any atom is -0.385 e. The number of hydrogen-bond acceptors (Lipinski definition) is 5. The molecule has 0 radical (unpaired) electrons. The summed E-state index contributed by atoms with van der Waals surface area (Å²) in [7, 11) is 7.74. The van der Waals surface area contributed by atoms with E-state index in [9.17, 15) is 0 Å². The second-order valence-electron chi connectivity index (χ2n) is 5.99. The Labute approximate surface area is 171 Å². The van der Waals surface area contributed by atoms with Crippen LogP contribution in [-0.2, 0) is 9.47 Å². The highest BCUT2D eigenvalue weighted by Crippen LogP contribution is 1.90. The van der Waals surface area contributed by atoms with Gasteiger partial charge < -0.3 is 29.9 Å². The first-order valence-electron chi connectivity index (χ1n) is 9.01. The number of ether oxygens (including phenoxy) is 2. The monoisotopic (exact) mass is 473 g/mol. The summed E-state index contributed by atoms with van der Waals surface area (Å²) in [4.78, 5) is 9.21. The topological polar surface area (TPSA) is 61.4 Å². The molecule has 0 aliphatic rings. The lowest BCUT2D eigenvalue weighted by Gasteiger charge is -2.18. The fraction of sp³-hybridized carbons (Fsp3) is 0.941. The maximum Gasteiger partial charge on any atom is 0.191 e. The Kier molecular flexibility index (Phi) is 21.8. The van der Waals surface area contributed by atoms with E-state index < -0.39 is 0 Å². The molecular weight excluding hydrogens is 433 g/mol. The zero-order valence-corrected chi connectivity index (χ0v) is 19.2. The van der Waals surface area contributed by atoms with Gasteiger partial charge in [-0.15, -0.1) is 24.0 Å². The molecule has 0 aliphatic carbocycles. The van der Waals surface area contributed by atoms with Crippen LogP contribution in [0.1, 0.15) is 19.8 Å². The first-order chi connectivity index (χ1) is 11.6. The average Bonchev–Trinajstić information content (AvgIpc) is 2.57. The van der Waals surface area contributed by atoms with Crippen LogP contribution in [0.25, 0.3) is 0 Å². The van der Waals surface area contributed by atoms with Gasteiger partial charge in [0.15, 0.2) is 5.96 Å². The molecule has 0 heterocycles. The van der Waals surface area contributed by atoms with E-state index >= 15 is 0 Å². The summed E-state index contributed by atoms with van der Waals surface area (Å²) in [5.74, 6) is 0.905. The Morgan fingerprint density at radius 1 is 0.880 bits per heavy atom. The van der Waals surface area contributed by atoms with Crippen molar-refractivity contribution in [3.8, 4) is 0 Å². The fourth-order valence-corrected chi connectivity index (χ4v) is 2.19. The van der Waals surface area contributed by atoms with Gasteiger partial charge in [-0.1, -0.05) is 0 Å². The van der Waals surface area contributed by atoms with Gasteiger partial charge in [0.2, 0.25) is 0 Å². The molecule has 0 fully saturated rings. The van der Waals surface area contributed by atoms with Crippen molar-refractivity contribution in [1.29, 1.82) is 0 Å². The average molecular weight is 473 g/mol. The first kappa shape index (κ1) is 27.1. The number of guanidine groups is 1. The predicted octanol–water partition coefficient (Wildman–Crippen LogP) is 1.10. The summed E-state index contributed by atoms with van der Waals surface area (Å²) >= 11 is 0. The van der Waals surface area contributed by atoms with Crippen LogP contribution in [0.15, 0.2) is 4.99 Å². The summed E-state index contributed by atoms with van der Waals surface area (Å²) in [6.45, 7) is 10.3. The van der Waals surface area contributed by atoms with Gasteiger partial charge in [-0.25, -0.2) is 0 Å². The van der Waals surface area contributed by atoms with Crippen LogP contribution in [0.5, 0.6) is 0 Å². The lowest BCUT2D eigenvalue weighted by atomic mass is 10.4. The Bertz CT molecular complexity index is 309. The molecule has 0 aromatic heterocycles. The van der Waals surface area contributed by atoms with Gasteiger partial charge in [0.05, 0.1) is 6.61 Å². The molecule has 2 N–H and O–H groups in total. The Morgan fingerprint density at radius 3 is 2.16 bits per heavy atom. The molecule has 0 aromatic rings. The standard InChI is InChI=1S/C17H39N5O2.HI/c1-6-18-17(19-9-7-11-22(3)14-16-24-5)20-10-13-21(2)12-8-15-23-4;/h6-16H2,1-5H3,(H2,18,19,20);1H. The molecule has 7 nitrogen and oxygen atoms in total. The smallest absolute Gasteiger partial charge is 0.191 e. The van der Waals surface area contributed by atoms with Crippen molar-refractivity contribution < 1.29 is 9.47 Å². The van der Waals surface area contributed by atoms with E-state index in [4.69, 9.17) is 9.47 Å². The highest BCUT2D eigenvalue weighted by Gasteiger charge is 2.01. The fourth-order valence-electron chi connectivity index (χ4n) is 2.19. The van der Waals surface area contributed by atoms with Crippen molar-refractivity contribution in [2.45, 2.75) is 19.8 Å². The van der Waals surface area contributed by atoms with Gasteiger partial charge in [-0.05, 0) is 40.4 Å². The van der Waals surface area contributed by atoms with Crippen LogP contribution in [0.4, 0.5) is 0 Å². The maximum atomic E-state index is 5.08. The molecule has 0 aliphatic heterocycles. The van der Waals surface area contributed by atoms with Crippen molar-refractivity contribution in [2.24, 2.45) is 4.99 Å². The molecule has 0 aromatic carbocycles. The summed E-state index contributed by atoms with van der Waals surface area (Å²) in [5.41, 5.74) is 0. The van der Waals surface area contributed by atoms with E-state index in [0.717, 1.165) is 77.8 Å². The van der Waals surface area contributed by atoms with Crippen molar-refractivity contribution in [3.05, 3.63) is 0 Å². The molecule has 152 valence electrons. The van der Waals surface area contributed by atoms with E-state index in [2.05, 4.69) is 46.4 Å². The van der Waals surface area contributed by atoms with Gasteiger partial charge >= 0.3 is 0 Å². The largest absolute Gasteiger partial charge is 0.385 e. The second kappa shape index (κ2) is 20.2. The van der Waals surface area contributed by atoms with E-state index in [1.807, 2.05) is 0 Å². The third-order valence-corrected chi connectivity index (χ3v) is 3.66. The van der Waals surface area contributed by atoms with Gasteiger partial charge in [0, 0.05) is 60.1 Å². The number of halogens is 1. The Balaban J connectivity index is 0. The number of rotatable bonds is 15. The summed E-state index contributed by atoms with van der Waals surface area (Å²) in [6.07, 6.45) is 2.12. The van der Waals surface area contributed by atoms with Crippen LogP contribution >= 0.6 is 24.0 Å². The number of nitrogens with one attached hydrogen (secondary N) is 2. The van der Waals surface area contributed by atoms with E-state index in [-0.39, 0.29) is 24.0 Å². The van der Waals surface area contributed by atoms with Crippen LogP contribution in [-0.4, -0.2) is 103 Å². The zero-order chi connectivity index (χ0) is 18.0. The normalized spacial score (nSPS) is 11.7. The quantitative estimate of drug-likeness (QED) is 0.161. The number of nitrogens with zero attached hydrogens (tertiary/aromatic N) is 3. The molecule has 25 heavy (non-hydrogen) atoms. The number of hydrogen-bond donors (Lipinski definition) is 2. The molecule has 8 heteroatoms. The molecule has 0 saturated heterocycles. The molecule has 0 amide bonds. The van der Waals surface area contributed by atoms with Gasteiger partial charge in [0.25, 0.3) is 0 Å². The molecule has 0 spiro atoms. The summed E-state index contributed by atoms with van der Waals surface area (Å²) in [5, 5.41) is 6.69. The van der Waals surface area contributed by atoms with Crippen LogP contribution in [0.3, 0.4) is 0 Å². The van der Waals surface area contributed by atoms with Crippen molar-refractivity contribution in [1.82, 2.24) is 20.4 Å². The maximum absolute atomic E-state index is 5.08. The van der Waals surface area contributed by atoms with Gasteiger partial charge in [0.1, 0.15) is 0 Å². The van der Waals surface area contributed by atoms with Crippen LogP contribution in [0, 0.1) is 0 Å². The first-order valence-corrected chi connectivity index (χ1v) is 9.01. The Morgan fingerprint density at radius 2 is 1.52 bits per heavy atom. The third-order valence-electron chi connectivity index (χ3n) is 3.66. The SMILES string of the molecule is CCNC(=NCCCN(C)CCOC)NCCN(C)CCCOC.I. The minimum absolute atomic E-state index is 0. The zero-order valence-electron chi connectivity index (χ0n) is 16.8. The summed E-state index contributed by atoms with van der Waals surface area (Å²) < 4.78 is 10.2. The van der Waals surface area contributed by atoms with Crippen molar-refractivity contribution >= 4 is 29.9 Å². The molecule has 0 bridgehead atoms. The van der Waals surface area contributed by atoms with E-state index in [0.29, 0.717) is 0 Å². The Hall–Kier alpha value is -0.160. The lowest BCUT2D eigenvalue weighted by Crippen LogP contribution is -2.41. The lowest BCUT2D eigenvalue weighted by molar-refractivity contribution is 0.161. The second-order valence-corrected chi connectivity index (χ2v) is 5.99. The van der Waals surface area contributed by atoms with Gasteiger partial charge in [-0.2, -0.15) is 0 Å². The molecule has 0 saturated carbocycles.